The van der Waals surface area contributed by atoms with E-state index >= 15 is 0 Å². The fraction of sp³-hybridized carbons (Fsp3) is 0.417. The molecule has 0 saturated heterocycles. The van der Waals surface area contributed by atoms with Crippen molar-refractivity contribution in [2.75, 3.05) is 13.7 Å². The summed E-state index contributed by atoms with van der Waals surface area (Å²) in [7, 11) is 1.59. The average molecular weight is 413 g/mol. The second-order valence-electron chi connectivity index (χ2n) is 9.22. The molecule has 6 nitrogen and oxygen atoms in total. The first kappa shape index (κ1) is 23.3. The van der Waals surface area contributed by atoms with E-state index in [1.54, 1.807) is 37.6 Å². The monoisotopic (exact) mass is 412 g/mol. The molecule has 0 bridgehead atoms. The molecule has 30 heavy (non-hydrogen) atoms. The Bertz CT molecular complexity index is 869. The van der Waals surface area contributed by atoms with Crippen molar-refractivity contribution in [1.82, 2.24) is 5.43 Å². The maximum Gasteiger partial charge on any atom is 0.277 e. The van der Waals surface area contributed by atoms with Crippen LogP contribution in [0.4, 0.5) is 0 Å². The van der Waals surface area contributed by atoms with Crippen molar-refractivity contribution in [2.45, 2.75) is 52.4 Å². The molecule has 0 fully saturated rings. The number of aromatic hydroxyl groups is 1. The summed E-state index contributed by atoms with van der Waals surface area (Å²) in [6, 6.07) is 10.8. The number of amides is 1. The molecule has 0 saturated carbocycles. The molecule has 2 rings (SSSR count). The van der Waals surface area contributed by atoms with E-state index < -0.39 is 0 Å². The molecule has 0 heterocycles. The fourth-order valence-corrected chi connectivity index (χ4v) is 2.91. The van der Waals surface area contributed by atoms with Crippen LogP contribution in [0, 0.1) is 0 Å². The van der Waals surface area contributed by atoms with Crippen molar-refractivity contribution in [3.8, 4) is 17.2 Å². The van der Waals surface area contributed by atoms with Crippen LogP contribution in [0.3, 0.4) is 0 Å². The topological polar surface area (TPSA) is 80.2 Å². The number of rotatable bonds is 6. The lowest BCUT2D eigenvalue weighted by molar-refractivity contribution is -0.123. The molecule has 0 atom stereocenters. The first-order valence-corrected chi connectivity index (χ1v) is 9.88. The van der Waals surface area contributed by atoms with Gasteiger partial charge in [0.05, 0.1) is 13.3 Å². The van der Waals surface area contributed by atoms with E-state index in [1.807, 2.05) is 53.7 Å². The molecule has 2 aromatic rings. The number of benzene rings is 2. The van der Waals surface area contributed by atoms with Crippen molar-refractivity contribution in [3.63, 3.8) is 0 Å². The van der Waals surface area contributed by atoms with Gasteiger partial charge in [-0.1, -0.05) is 41.5 Å². The summed E-state index contributed by atoms with van der Waals surface area (Å²) in [5.41, 5.74) is 4.49. The number of nitrogens with one attached hydrogen (secondary N) is 1. The minimum absolute atomic E-state index is 0.153. The zero-order valence-electron chi connectivity index (χ0n) is 18.9. The van der Waals surface area contributed by atoms with Gasteiger partial charge in [0.2, 0.25) is 0 Å². The van der Waals surface area contributed by atoms with Crippen LogP contribution in [0.25, 0.3) is 0 Å². The predicted molar refractivity (Wildman–Crippen MR) is 120 cm³/mol. The number of hydrazone groups is 1. The Balaban J connectivity index is 2.08. The molecule has 2 N–H and O–H groups in total. The van der Waals surface area contributed by atoms with E-state index in [0.29, 0.717) is 11.5 Å². The second-order valence-corrected chi connectivity index (χ2v) is 9.22. The maximum absolute atomic E-state index is 12.0. The standard InChI is InChI=1S/C24H32N2O4/c1-23(2,3)19-12-16(13-20(22(19)28)24(4,5)6)14-25-26-21(27)15-30-18-10-8-17(29-7)9-11-18/h8-14,28H,15H2,1-7H3,(H,26,27)/b25-14+. The zero-order valence-corrected chi connectivity index (χ0v) is 18.9. The van der Waals surface area contributed by atoms with E-state index in [1.165, 1.54) is 0 Å². The van der Waals surface area contributed by atoms with Gasteiger partial charge in [-0.3, -0.25) is 4.79 Å². The third-order valence-electron chi connectivity index (χ3n) is 4.58. The number of phenolic OH excluding ortho intramolecular Hbond substituents is 1. The minimum atomic E-state index is -0.368. The van der Waals surface area contributed by atoms with Gasteiger partial charge < -0.3 is 14.6 Å². The highest BCUT2D eigenvalue weighted by atomic mass is 16.5. The summed E-state index contributed by atoms with van der Waals surface area (Å²) in [5.74, 6) is 1.23. The van der Waals surface area contributed by atoms with Gasteiger partial charge in [-0.25, -0.2) is 5.43 Å². The van der Waals surface area contributed by atoms with Crippen molar-refractivity contribution in [3.05, 3.63) is 53.1 Å². The fourth-order valence-electron chi connectivity index (χ4n) is 2.91. The normalized spacial score (nSPS) is 12.1. The number of phenols is 1. The van der Waals surface area contributed by atoms with Crippen LogP contribution in [0.5, 0.6) is 17.2 Å². The van der Waals surface area contributed by atoms with E-state index in [2.05, 4.69) is 10.5 Å². The van der Waals surface area contributed by atoms with Gasteiger partial charge in [0.1, 0.15) is 17.2 Å². The first-order valence-electron chi connectivity index (χ1n) is 9.88. The molecule has 0 spiro atoms. The molecule has 0 aliphatic heterocycles. The first-order chi connectivity index (χ1) is 13.9. The highest BCUT2D eigenvalue weighted by molar-refractivity contribution is 5.84. The van der Waals surface area contributed by atoms with Crippen LogP contribution in [0.1, 0.15) is 58.2 Å². The van der Waals surface area contributed by atoms with Gasteiger partial charge in [-0.05, 0) is 52.8 Å². The van der Waals surface area contributed by atoms with Gasteiger partial charge in [-0.15, -0.1) is 0 Å². The van der Waals surface area contributed by atoms with Crippen LogP contribution in [0.2, 0.25) is 0 Å². The van der Waals surface area contributed by atoms with Gasteiger partial charge in [0, 0.05) is 11.1 Å². The summed E-state index contributed by atoms with van der Waals surface area (Å²) in [6.45, 7) is 12.1. The summed E-state index contributed by atoms with van der Waals surface area (Å²) in [5, 5.41) is 14.8. The third kappa shape index (κ3) is 6.24. The SMILES string of the molecule is COc1ccc(OCC(=O)N/N=C/c2cc(C(C)(C)C)c(O)c(C(C)(C)C)c2)cc1. The Morgan fingerprint density at radius 2 is 1.50 bits per heavy atom. The molecule has 2 aromatic carbocycles. The van der Waals surface area contributed by atoms with Gasteiger partial charge in [0.15, 0.2) is 6.61 Å². The molecule has 0 aliphatic carbocycles. The quantitative estimate of drug-likeness (QED) is 0.540. The Hall–Kier alpha value is -3.02. The molecule has 0 aromatic heterocycles. The van der Waals surface area contributed by atoms with Crippen LogP contribution < -0.4 is 14.9 Å². The highest BCUT2D eigenvalue weighted by Gasteiger charge is 2.26. The average Bonchev–Trinajstić information content (AvgIpc) is 2.66. The number of carbonyl (C=O) groups is 1. The minimum Gasteiger partial charge on any atom is -0.507 e. The maximum atomic E-state index is 12.0. The summed E-state index contributed by atoms with van der Waals surface area (Å²) < 4.78 is 10.5. The summed E-state index contributed by atoms with van der Waals surface area (Å²) in [6.07, 6.45) is 1.58. The van der Waals surface area contributed by atoms with Crippen LogP contribution in [-0.2, 0) is 15.6 Å². The number of carbonyl (C=O) groups excluding carboxylic acids is 1. The number of methoxy groups -OCH3 is 1. The highest BCUT2D eigenvalue weighted by Crippen LogP contribution is 2.39. The summed E-state index contributed by atoms with van der Waals surface area (Å²) >= 11 is 0. The van der Waals surface area contributed by atoms with Gasteiger partial charge in [-0.2, -0.15) is 5.10 Å². The lowest BCUT2D eigenvalue weighted by Gasteiger charge is -2.27. The predicted octanol–water partition coefficient (Wildman–Crippen LogP) is 4.52. The Morgan fingerprint density at radius 1 is 1.00 bits per heavy atom. The summed E-state index contributed by atoms with van der Waals surface area (Å²) in [4.78, 5) is 12.0. The van der Waals surface area contributed by atoms with Crippen molar-refractivity contribution in [1.29, 1.82) is 0 Å². The molecule has 1 amide bonds. The molecule has 6 heteroatoms. The molecule has 162 valence electrons. The second kappa shape index (κ2) is 9.20. The Kier molecular flexibility index (Phi) is 7.13. The molecular formula is C24H32N2O4. The number of ether oxygens (including phenoxy) is 2. The smallest absolute Gasteiger partial charge is 0.277 e. The van der Waals surface area contributed by atoms with Crippen molar-refractivity contribution in [2.24, 2.45) is 5.10 Å². The van der Waals surface area contributed by atoms with Crippen molar-refractivity contribution >= 4 is 12.1 Å². The third-order valence-corrected chi connectivity index (χ3v) is 4.58. The lowest BCUT2D eigenvalue weighted by atomic mass is 9.78. The van der Waals surface area contributed by atoms with Gasteiger partial charge >= 0.3 is 0 Å². The molecular weight excluding hydrogens is 380 g/mol. The molecule has 0 unspecified atom stereocenters. The lowest BCUT2D eigenvalue weighted by Crippen LogP contribution is -2.24. The largest absolute Gasteiger partial charge is 0.507 e. The Labute approximate surface area is 178 Å². The number of hydrogen-bond acceptors (Lipinski definition) is 5. The van der Waals surface area contributed by atoms with Crippen LogP contribution >= 0.6 is 0 Å². The molecule has 0 radical (unpaired) electrons. The molecule has 0 aliphatic rings. The van der Waals surface area contributed by atoms with E-state index in [9.17, 15) is 9.90 Å². The van der Waals surface area contributed by atoms with Crippen LogP contribution in [-0.4, -0.2) is 30.9 Å². The van der Waals surface area contributed by atoms with Crippen molar-refractivity contribution < 1.29 is 19.4 Å². The van der Waals surface area contributed by atoms with E-state index in [-0.39, 0.29) is 23.3 Å². The zero-order chi connectivity index (χ0) is 22.5. The van der Waals surface area contributed by atoms with Crippen LogP contribution in [0.15, 0.2) is 41.5 Å². The number of hydrogen-bond donors (Lipinski definition) is 2. The van der Waals surface area contributed by atoms with E-state index in [4.69, 9.17) is 9.47 Å². The Morgan fingerprint density at radius 3 is 1.97 bits per heavy atom. The van der Waals surface area contributed by atoms with E-state index in [0.717, 1.165) is 22.4 Å². The number of nitrogens with zero attached hydrogens (tertiary/aromatic N) is 1. The van der Waals surface area contributed by atoms with Gasteiger partial charge in [0.25, 0.3) is 5.91 Å².